The van der Waals surface area contributed by atoms with Crippen LogP contribution in [0.3, 0.4) is 0 Å². The zero-order valence-electron chi connectivity index (χ0n) is 17.6. The summed E-state index contributed by atoms with van der Waals surface area (Å²) < 4.78 is 0. The molecule has 4 rings (SSSR count). The minimum Gasteiger partial charge on any atom is -0.356 e. The van der Waals surface area contributed by atoms with Crippen molar-refractivity contribution in [1.82, 2.24) is 19.8 Å². The maximum absolute atomic E-state index is 13.2. The van der Waals surface area contributed by atoms with Gasteiger partial charge in [-0.1, -0.05) is 0 Å². The van der Waals surface area contributed by atoms with E-state index in [9.17, 15) is 9.59 Å². The largest absolute Gasteiger partial charge is 0.356 e. The number of hydrogen-bond acceptors (Lipinski definition) is 6. The number of likely N-dealkylation sites (N-methyl/N-ethyl adjacent to an activating group) is 1. The molecule has 0 bridgehead atoms. The number of hydrogen-bond donors (Lipinski definition) is 0. The van der Waals surface area contributed by atoms with E-state index >= 15 is 0 Å². The molecule has 0 saturated carbocycles. The highest BCUT2D eigenvalue weighted by molar-refractivity contribution is 7.18. The lowest BCUT2D eigenvalue weighted by atomic mass is 9.94. The molecule has 7 nitrogen and oxygen atoms in total. The van der Waals surface area contributed by atoms with Crippen molar-refractivity contribution in [3.8, 4) is 0 Å². The Bertz CT molecular complexity index is 933. The van der Waals surface area contributed by atoms with Gasteiger partial charge in [-0.2, -0.15) is 0 Å². The summed E-state index contributed by atoms with van der Waals surface area (Å²) in [6.07, 6.45) is 4.92. The highest BCUT2D eigenvalue weighted by Gasteiger charge is 2.38. The summed E-state index contributed by atoms with van der Waals surface area (Å²) in [5, 5.41) is 1.15. The van der Waals surface area contributed by atoms with Gasteiger partial charge in [0.2, 0.25) is 11.8 Å². The van der Waals surface area contributed by atoms with Gasteiger partial charge >= 0.3 is 0 Å². The predicted molar refractivity (Wildman–Crippen MR) is 115 cm³/mol. The average Bonchev–Trinajstić information content (AvgIpc) is 3.32. The van der Waals surface area contributed by atoms with Gasteiger partial charge in [0.1, 0.15) is 23.0 Å². The molecule has 2 aromatic rings. The van der Waals surface area contributed by atoms with Crippen molar-refractivity contribution in [2.45, 2.75) is 45.6 Å². The summed E-state index contributed by atoms with van der Waals surface area (Å²) in [5.41, 5.74) is 1.25. The number of carbonyl (C=O) groups excluding carboxylic acids is 2. The van der Waals surface area contributed by atoms with Gasteiger partial charge in [0, 0.05) is 44.5 Å². The number of thiophene rings is 1. The standard InChI is InChI=1S/C21H29N5O2S/c1-13-14(2)29-19-17(13)18(22-12-23-19)25-10-7-15(8-11-25)20(27)26-9-5-6-16(26)21(28)24(3)4/h12,15-16H,5-11H2,1-4H3. The fourth-order valence-corrected chi connectivity index (χ4v) is 5.55. The molecular formula is C21H29N5O2S. The first-order valence-electron chi connectivity index (χ1n) is 10.4. The third-order valence-corrected chi connectivity index (χ3v) is 7.47. The summed E-state index contributed by atoms with van der Waals surface area (Å²) >= 11 is 1.71. The molecule has 1 atom stereocenters. The zero-order chi connectivity index (χ0) is 20.7. The van der Waals surface area contributed by atoms with Crippen LogP contribution in [0.4, 0.5) is 5.82 Å². The minimum atomic E-state index is -0.284. The summed E-state index contributed by atoms with van der Waals surface area (Å²) in [6.45, 7) is 6.56. The summed E-state index contributed by atoms with van der Waals surface area (Å²) in [7, 11) is 3.52. The fourth-order valence-electron chi connectivity index (χ4n) is 4.56. The molecule has 2 saturated heterocycles. The van der Waals surface area contributed by atoms with Crippen LogP contribution in [0, 0.1) is 19.8 Å². The van der Waals surface area contributed by atoms with Gasteiger partial charge in [0.25, 0.3) is 0 Å². The molecule has 2 amide bonds. The summed E-state index contributed by atoms with van der Waals surface area (Å²) in [5.74, 6) is 1.17. The van der Waals surface area contributed by atoms with E-state index in [4.69, 9.17) is 0 Å². The molecule has 8 heteroatoms. The Morgan fingerprint density at radius 2 is 1.83 bits per heavy atom. The van der Waals surface area contributed by atoms with E-state index in [0.29, 0.717) is 6.54 Å². The van der Waals surface area contributed by atoms with Crippen LogP contribution in [-0.4, -0.2) is 71.4 Å². The highest BCUT2D eigenvalue weighted by Crippen LogP contribution is 2.36. The summed E-state index contributed by atoms with van der Waals surface area (Å²) in [4.78, 5) is 42.7. The number of carbonyl (C=O) groups is 2. The van der Waals surface area contributed by atoms with Crippen molar-refractivity contribution < 1.29 is 9.59 Å². The minimum absolute atomic E-state index is 0.00977. The van der Waals surface area contributed by atoms with E-state index in [1.54, 1.807) is 36.7 Å². The SMILES string of the molecule is Cc1sc2ncnc(N3CCC(C(=O)N4CCCC4C(=O)N(C)C)CC3)c2c1C. The molecular weight excluding hydrogens is 386 g/mol. The quantitative estimate of drug-likeness (QED) is 0.771. The number of nitrogens with zero attached hydrogens (tertiary/aromatic N) is 5. The number of aromatic nitrogens is 2. The molecule has 0 radical (unpaired) electrons. The Balaban J connectivity index is 1.46. The van der Waals surface area contributed by atoms with Crippen molar-refractivity contribution in [1.29, 1.82) is 0 Å². The van der Waals surface area contributed by atoms with Crippen molar-refractivity contribution in [3.05, 3.63) is 16.8 Å². The van der Waals surface area contributed by atoms with Crippen LogP contribution >= 0.6 is 11.3 Å². The van der Waals surface area contributed by atoms with E-state index in [2.05, 4.69) is 28.7 Å². The third kappa shape index (κ3) is 3.58. The second-order valence-corrected chi connectivity index (χ2v) is 9.55. The first kappa shape index (κ1) is 20.1. The van der Waals surface area contributed by atoms with Gasteiger partial charge in [-0.25, -0.2) is 9.97 Å². The van der Waals surface area contributed by atoms with Crippen molar-refractivity contribution in [2.75, 3.05) is 38.6 Å². The van der Waals surface area contributed by atoms with Crippen LogP contribution < -0.4 is 4.90 Å². The predicted octanol–water partition coefficient (Wildman–Crippen LogP) is 2.60. The number of piperidine rings is 1. The van der Waals surface area contributed by atoms with E-state index in [-0.39, 0.29) is 23.8 Å². The number of fused-ring (bicyclic) bond motifs is 1. The van der Waals surface area contributed by atoms with Crippen LogP contribution in [-0.2, 0) is 9.59 Å². The van der Waals surface area contributed by atoms with Crippen molar-refractivity contribution >= 4 is 39.2 Å². The maximum atomic E-state index is 13.2. The van der Waals surface area contributed by atoms with Gasteiger partial charge < -0.3 is 14.7 Å². The Labute approximate surface area is 175 Å². The smallest absolute Gasteiger partial charge is 0.244 e. The second kappa shape index (κ2) is 7.89. The lowest BCUT2D eigenvalue weighted by Gasteiger charge is -2.35. The molecule has 2 aromatic heterocycles. The van der Waals surface area contributed by atoms with E-state index < -0.39 is 0 Å². The molecule has 2 aliphatic heterocycles. The molecule has 2 aliphatic rings. The van der Waals surface area contributed by atoms with Gasteiger partial charge in [0.05, 0.1) is 5.39 Å². The Morgan fingerprint density at radius 3 is 2.52 bits per heavy atom. The average molecular weight is 416 g/mol. The lowest BCUT2D eigenvalue weighted by Crippen LogP contribution is -2.49. The van der Waals surface area contributed by atoms with E-state index in [1.807, 2.05) is 4.90 Å². The zero-order valence-corrected chi connectivity index (χ0v) is 18.5. The lowest BCUT2D eigenvalue weighted by molar-refractivity contribution is -0.145. The molecule has 29 heavy (non-hydrogen) atoms. The molecule has 0 aliphatic carbocycles. The Hall–Kier alpha value is -2.22. The number of likely N-dealkylation sites (tertiary alicyclic amines) is 1. The van der Waals surface area contributed by atoms with Gasteiger partial charge in [-0.3, -0.25) is 9.59 Å². The maximum Gasteiger partial charge on any atom is 0.244 e. The third-order valence-electron chi connectivity index (χ3n) is 6.35. The van der Waals surface area contributed by atoms with Gasteiger partial charge in [0.15, 0.2) is 0 Å². The first-order chi connectivity index (χ1) is 13.9. The normalized spacial score (nSPS) is 20.5. The molecule has 0 N–H and O–H groups in total. The van der Waals surface area contributed by atoms with Crippen molar-refractivity contribution in [3.63, 3.8) is 0 Å². The molecule has 156 valence electrons. The van der Waals surface area contributed by atoms with Gasteiger partial charge in [-0.15, -0.1) is 11.3 Å². The Morgan fingerprint density at radius 1 is 1.10 bits per heavy atom. The first-order valence-corrected chi connectivity index (χ1v) is 11.2. The number of rotatable bonds is 3. The number of anilines is 1. The molecule has 1 unspecified atom stereocenters. The topological polar surface area (TPSA) is 69.6 Å². The van der Waals surface area contributed by atoms with Crippen LogP contribution in [0.1, 0.15) is 36.1 Å². The fraction of sp³-hybridized carbons (Fsp3) is 0.619. The van der Waals surface area contributed by atoms with Crippen LogP contribution in [0.25, 0.3) is 10.2 Å². The van der Waals surface area contributed by atoms with E-state index in [1.165, 1.54) is 10.4 Å². The summed E-state index contributed by atoms with van der Waals surface area (Å²) in [6, 6.07) is -0.284. The number of amides is 2. The number of aryl methyl sites for hydroxylation is 2. The second-order valence-electron chi connectivity index (χ2n) is 8.34. The molecule has 4 heterocycles. The van der Waals surface area contributed by atoms with Crippen LogP contribution in [0.5, 0.6) is 0 Å². The van der Waals surface area contributed by atoms with Crippen molar-refractivity contribution in [2.24, 2.45) is 5.92 Å². The van der Waals surface area contributed by atoms with Gasteiger partial charge in [-0.05, 0) is 45.1 Å². The van der Waals surface area contributed by atoms with Crippen LogP contribution in [0.15, 0.2) is 6.33 Å². The molecule has 0 aromatic carbocycles. The monoisotopic (exact) mass is 415 g/mol. The highest BCUT2D eigenvalue weighted by atomic mass is 32.1. The van der Waals surface area contributed by atoms with E-state index in [0.717, 1.165) is 54.8 Å². The Kier molecular flexibility index (Phi) is 5.46. The molecule has 2 fully saturated rings. The van der Waals surface area contributed by atoms with Crippen LogP contribution in [0.2, 0.25) is 0 Å². The molecule has 0 spiro atoms.